The van der Waals surface area contributed by atoms with Crippen molar-refractivity contribution < 1.29 is 19.2 Å². The summed E-state index contributed by atoms with van der Waals surface area (Å²) in [4.78, 5) is 34.2. The van der Waals surface area contributed by atoms with E-state index in [2.05, 4.69) is 26.0 Å². The first-order valence-corrected chi connectivity index (χ1v) is 7.52. The Morgan fingerprint density at radius 3 is 2.73 bits per heavy atom. The Kier molecular flexibility index (Phi) is 4.88. The zero-order valence-electron chi connectivity index (χ0n) is 11.2. The summed E-state index contributed by atoms with van der Waals surface area (Å²) in [5, 5.41) is 15.1. The SMILES string of the molecule is COC(=O)c1sccc1NC(=O)c1ccc(Br)c([N+](=O)[O-])c1. The van der Waals surface area contributed by atoms with Crippen molar-refractivity contribution in [2.24, 2.45) is 0 Å². The molecule has 0 unspecified atom stereocenters. The highest BCUT2D eigenvalue weighted by molar-refractivity contribution is 9.10. The van der Waals surface area contributed by atoms with Gasteiger partial charge in [0.05, 0.1) is 22.2 Å². The minimum Gasteiger partial charge on any atom is -0.465 e. The van der Waals surface area contributed by atoms with Crippen molar-refractivity contribution in [2.75, 3.05) is 12.4 Å². The molecule has 2 aromatic rings. The van der Waals surface area contributed by atoms with Crippen LogP contribution in [0, 0.1) is 10.1 Å². The molecule has 0 atom stereocenters. The van der Waals surface area contributed by atoms with Crippen LogP contribution in [0.5, 0.6) is 0 Å². The first-order chi connectivity index (χ1) is 10.4. The summed E-state index contributed by atoms with van der Waals surface area (Å²) in [5.74, 6) is -1.12. The maximum absolute atomic E-state index is 12.2. The normalized spacial score (nSPS) is 10.1. The molecule has 1 N–H and O–H groups in total. The molecule has 0 saturated carbocycles. The zero-order valence-corrected chi connectivity index (χ0v) is 13.6. The lowest BCUT2D eigenvalue weighted by Crippen LogP contribution is -2.14. The van der Waals surface area contributed by atoms with Gasteiger partial charge >= 0.3 is 5.97 Å². The summed E-state index contributed by atoms with van der Waals surface area (Å²) in [6.07, 6.45) is 0. The van der Waals surface area contributed by atoms with Crippen molar-refractivity contribution in [2.45, 2.75) is 0 Å². The van der Waals surface area contributed by atoms with Crippen molar-refractivity contribution in [3.05, 3.63) is 54.7 Å². The van der Waals surface area contributed by atoms with Crippen molar-refractivity contribution in [3.63, 3.8) is 0 Å². The van der Waals surface area contributed by atoms with Crippen LogP contribution in [-0.2, 0) is 4.74 Å². The Labute approximate surface area is 137 Å². The molecule has 0 aliphatic rings. The van der Waals surface area contributed by atoms with Crippen LogP contribution in [0.15, 0.2) is 34.1 Å². The van der Waals surface area contributed by atoms with Crippen LogP contribution in [-0.4, -0.2) is 23.9 Å². The number of carbonyl (C=O) groups excluding carboxylic acids is 2. The van der Waals surface area contributed by atoms with Crippen molar-refractivity contribution in [1.29, 1.82) is 0 Å². The highest BCUT2D eigenvalue weighted by atomic mass is 79.9. The van der Waals surface area contributed by atoms with Gasteiger partial charge in [-0.15, -0.1) is 11.3 Å². The second kappa shape index (κ2) is 6.67. The molecule has 0 saturated heterocycles. The molecule has 2 rings (SSSR count). The van der Waals surface area contributed by atoms with Gasteiger partial charge in [-0.3, -0.25) is 14.9 Å². The van der Waals surface area contributed by atoms with Gasteiger partial charge in [0, 0.05) is 11.6 Å². The highest BCUT2D eigenvalue weighted by Crippen LogP contribution is 2.27. The van der Waals surface area contributed by atoms with Gasteiger partial charge in [0.15, 0.2) is 0 Å². The van der Waals surface area contributed by atoms with Crippen LogP contribution in [0.1, 0.15) is 20.0 Å². The number of thiophene rings is 1. The van der Waals surface area contributed by atoms with E-state index >= 15 is 0 Å². The number of benzene rings is 1. The summed E-state index contributed by atoms with van der Waals surface area (Å²) in [5.41, 5.74) is 0.190. The summed E-state index contributed by atoms with van der Waals surface area (Å²) in [6, 6.07) is 5.57. The third kappa shape index (κ3) is 3.31. The number of nitro benzene ring substituents is 1. The van der Waals surface area contributed by atoms with E-state index < -0.39 is 16.8 Å². The number of amides is 1. The molecule has 1 aromatic heterocycles. The predicted octanol–water partition coefficient (Wildman–Crippen LogP) is 3.46. The van der Waals surface area contributed by atoms with E-state index in [1.807, 2.05) is 0 Å². The third-order valence-electron chi connectivity index (χ3n) is 2.69. The molecular formula is C13H9BrN2O5S. The fraction of sp³-hybridized carbons (Fsp3) is 0.0769. The van der Waals surface area contributed by atoms with Crippen molar-refractivity contribution in [3.8, 4) is 0 Å². The molecule has 114 valence electrons. The lowest BCUT2D eigenvalue weighted by Gasteiger charge is -2.06. The molecule has 9 heteroatoms. The lowest BCUT2D eigenvalue weighted by molar-refractivity contribution is -0.385. The van der Waals surface area contributed by atoms with Crippen LogP contribution in [0.25, 0.3) is 0 Å². The number of nitro groups is 1. The number of carbonyl (C=O) groups is 2. The largest absolute Gasteiger partial charge is 0.465 e. The van der Waals surface area contributed by atoms with E-state index in [1.54, 1.807) is 11.4 Å². The molecule has 1 aromatic carbocycles. The van der Waals surface area contributed by atoms with Crippen LogP contribution in [0.2, 0.25) is 0 Å². The molecule has 1 amide bonds. The van der Waals surface area contributed by atoms with Gasteiger partial charge in [-0.05, 0) is 39.5 Å². The molecular weight excluding hydrogens is 376 g/mol. The van der Waals surface area contributed by atoms with Gasteiger partial charge in [0.2, 0.25) is 0 Å². The smallest absolute Gasteiger partial charge is 0.350 e. The van der Waals surface area contributed by atoms with E-state index in [4.69, 9.17) is 0 Å². The molecule has 7 nitrogen and oxygen atoms in total. The Morgan fingerprint density at radius 1 is 1.36 bits per heavy atom. The summed E-state index contributed by atoms with van der Waals surface area (Å²) in [6.45, 7) is 0. The number of hydrogen-bond donors (Lipinski definition) is 1. The van der Waals surface area contributed by atoms with Crippen molar-refractivity contribution in [1.82, 2.24) is 0 Å². The second-order valence-electron chi connectivity index (χ2n) is 4.03. The van der Waals surface area contributed by atoms with Crippen LogP contribution in [0.4, 0.5) is 11.4 Å². The van der Waals surface area contributed by atoms with E-state index in [1.165, 1.54) is 19.2 Å². The third-order valence-corrected chi connectivity index (χ3v) is 4.25. The fourth-order valence-corrected chi connectivity index (χ4v) is 2.80. The Bertz CT molecular complexity index is 759. The zero-order chi connectivity index (χ0) is 16.3. The number of hydrogen-bond acceptors (Lipinski definition) is 6. The molecule has 0 fully saturated rings. The molecule has 0 aliphatic carbocycles. The first kappa shape index (κ1) is 16.1. The van der Waals surface area contributed by atoms with Gasteiger partial charge in [0.25, 0.3) is 11.6 Å². The van der Waals surface area contributed by atoms with E-state index in [-0.39, 0.29) is 20.6 Å². The molecule has 0 bridgehead atoms. The van der Waals surface area contributed by atoms with E-state index in [0.29, 0.717) is 5.69 Å². The number of methoxy groups -OCH3 is 1. The van der Waals surface area contributed by atoms with Gasteiger partial charge in [-0.2, -0.15) is 0 Å². The Hall–Kier alpha value is -2.26. The number of rotatable bonds is 4. The monoisotopic (exact) mass is 384 g/mol. The van der Waals surface area contributed by atoms with Crippen LogP contribution in [0.3, 0.4) is 0 Å². The molecule has 0 spiro atoms. The topological polar surface area (TPSA) is 98.5 Å². The average Bonchev–Trinajstić information content (AvgIpc) is 2.94. The maximum atomic E-state index is 12.2. The quantitative estimate of drug-likeness (QED) is 0.494. The van der Waals surface area contributed by atoms with Crippen molar-refractivity contribution >= 4 is 50.5 Å². The average molecular weight is 385 g/mol. The summed E-state index contributed by atoms with van der Waals surface area (Å²) < 4.78 is 4.89. The van der Waals surface area contributed by atoms with Crippen LogP contribution < -0.4 is 5.32 Å². The standard InChI is InChI=1S/C13H9BrN2O5S/c1-21-13(18)11-9(4-5-22-11)15-12(17)7-2-3-8(14)10(6-7)16(19)20/h2-6H,1H3,(H,15,17). The number of nitrogens with zero attached hydrogens (tertiary/aromatic N) is 1. The maximum Gasteiger partial charge on any atom is 0.350 e. The van der Waals surface area contributed by atoms with Crippen LogP contribution >= 0.6 is 27.3 Å². The predicted molar refractivity (Wildman–Crippen MR) is 84.4 cm³/mol. The summed E-state index contributed by atoms with van der Waals surface area (Å²) >= 11 is 4.17. The molecule has 0 aliphatic heterocycles. The number of halogens is 1. The second-order valence-corrected chi connectivity index (χ2v) is 5.80. The Balaban J connectivity index is 2.27. The number of esters is 1. The first-order valence-electron chi connectivity index (χ1n) is 5.85. The minimum atomic E-state index is -0.592. The Morgan fingerprint density at radius 2 is 2.09 bits per heavy atom. The van der Waals surface area contributed by atoms with Gasteiger partial charge < -0.3 is 10.1 Å². The number of nitrogens with one attached hydrogen (secondary N) is 1. The minimum absolute atomic E-state index is 0.108. The van der Waals surface area contributed by atoms with E-state index in [0.717, 1.165) is 17.4 Å². The van der Waals surface area contributed by atoms with E-state index in [9.17, 15) is 19.7 Å². The highest BCUT2D eigenvalue weighted by Gasteiger charge is 2.19. The lowest BCUT2D eigenvalue weighted by atomic mass is 10.2. The molecule has 1 heterocycles. The van der Waals surface area contributed by atoms with Gasteiger partial charge in [0.1, 0.15) is 4.88 Å². The number of ether oxygens (including phenoxy) is 1. The van der Waals surface area contributed by atoms with Gasteiger partial charge in [-0.1, -0.05) is 0 Å². The van der Waals surface area contributed by atoms with Gasteiger partial charge in [-0.25, -0.2) is 4.79 Å². The fourth-order valence-electron chi connectivity index (χ4n) is 1.65. The molecule has 22 heavy (non-hydrogen) atoms. The summed E-state index contributed by atoms with van der Waals surface area (Å²) in [7, 11) is 1.24. The number of anilines is 1. The molecule has 0 radical (unpaired) electrons.